The largest absolute Gasteiger partial charge is 0.481 e. The summed E-state index contributed by atoms with van der Waals surface area (Å²) in [6.45, 7) is 2.06. The molecule has 0 radical (unpaired) electrons. The van der Waals surface area contributed by atoms with Gasteiger partial charge in [0.15, 0.2) is 0 Å². The number of nitrogens with one attached hydrogen (secondary N) is 1. The minimum atomic E-state index is -0.670. The Morgan fingerprint density at radius 1 is 1.33 bits per heavy atom. The molecule has 2 aromatic rings. The Morgan fingerprint density at radius 2 is 2.19 bits per heavy atom. The highest BCUT2D eigenvalue weighted by Crippen LogP contribution is 2.30. The number of aromatic nitrogens is 1. The van der Waals surface area contributed by atoms with Gasteiger partial charge < -0.3 is 10.4 Å². The minimum absolute atomic E-state index is 0.217. The van der Waals surface area contributed by atoms with Crippen LogP contribution in [0.25, 0.3) is 10.9 Å². The zero-order chi connectivity index (χ0) is 14.8. The molecule has 4 nitrogen and oxygen atoms in total. The second kappa shape index (κ2) is 5.72. The molecular weight excluding hydrogens is 264 g/mol. The molecule has 1 aromatic carbocycles. The van der Waals surface area contributed by atoms with Crippen LogP contribution in [0.1, 0.15) is 31.2 Å². The number of pyridine rings is 1. The molecule has 0 bridgehead atoms. The van der Waals surface area contributed by atoms with E-state index < -0.39 is 5.97 Å². The first-order valence-electron chi connectivity index (χ1n) is 7.49. The van der Waals surface area contributed by atoms with E-state index >= 15 is 0 Å². The fourth-order valence-electron chi connectivity index (χ4n) is 3.20. The normalized spacial score (nSPS) is 22.1. The van der Waals surface area contributed by atoms with Crippen LogP contribution in [0.5, 0.6) is 0 Å². The molecule has 2 unspecified atom stereocenters. The molecule has 1 fully saturated rings. The van der Waals surface area contributed by atoms with Crippen molar-refractivity contribution in [2.24, 2.45) is 5.92 Å². The quantitative estimate of drug-likeness (QED) is 0.904. The molecular formula is C17H20N2O2. The van der Waals surface area contributed by atoms with Gasteiger partial charge in [0.05, 0.1) is 11.4 Å². The monoisotopic (exact) mass is 284 g/mol. The molecule has 0 amide bonds. The number of rotatable bonds is 3. The van der Waals surface area contributed by atoms with E-state index in [2.05, 4.69) is 35.4 Å². The smallest absolute Gasteiger partial charge is 0.306 e. The number of fused-ring (bicyclic) bond motifs is 1. The Hall–Kier alpha value is -2.10. The maximum atomic E-state index is 11.2. The molecule has 0 saturated heterocycles. The van der Waals surface area contributed by atoms with E-state index in [0.29, 0.717) is 6.42 Å². The van der Waals surface area contributed by atoms with Crippen molar-refractivity contribution in [1.82, 2.24) is 4.98 Å². The molecule has 2 N–H and O–H groups in total. The maximum absolute atomic E-state index is 11.2. The topological polar surface area (TPSA) is 62.2 Å². The number of benzene rings is 1. The summed E-state index contributed by atoms with van der Waals surface area (Å²) in [5, 5.41) is 13.8. The number of hydrogen-bond donors (Lipinski definition) is 2. The van der Waals surface area contributed by atoms with Gasteiger partial charge in [0.25, 0.3) is 0 Å². The Labute approximate surface area is 124 Å². The summed E-state index contributed by atoms with van der Waals surface area (Å²) < 4.78 is 0. The summed E-state index contributed by atoms with van der Waals surface area (Å²) in [6, 6.07) is 8.37. The minimum Gasteiger partial charge on any atom is -0.481 e. The molecule has 0 spiro atoms. The van der Waals surface area contributed by atoms with Crippen LogP contribution in [-0.2, 0) is 4.79 Å². The Morgan fingerprint density at radius 3 is 3.00 bits per heavy atom. The number of aliphatic carboxylic acids is 1. The van der Waals surface area contributed by atoms with Crippen LogP contribution < -0.4 is 5.32 Å². The summed E-state index contributed by atoms with van der Waals surface area (Å²) in [5.74, 6) is -0.886. The van der Waals surface area contributed by atoms with Crippen molar-refractivity contribution in [1.29, 1.82) is 0 Å². The first-order valence-corrected chi connectivity index (χ1v) is 7.49. The summed E-state index contributed by atoms with van der Waals surface area (Å²) in [5.41, 5.74) is 3.22. The van der Waals surface area contributed by atoms with Crippen molar-refractivity contribution in [2.45, 2.75) is 38.6 Å². The molecule has 1 aromatic heterocycles. The number of carbonyl (C=O) groups is 1. The van der Waals surface area contributed by atoms with E-state index in [9.17, 15) is 9.90 Å². The van der Waals surface area contributed by atoms with Gasteiger partial charge in [-0.05, 0) is 49.9 Å². The SMILES string of the molecule is Cc1ccc(NC2CCCC(C(=O)O)C2)c2cccnc12. The molecule has 4 heteroatoms. The second-order valence-corrected chi connectivity index (χ2v) is 5.87. The van der Waals surface area contributed by atoms with Crippen molar-refractivity contribution < 1.29 is 9.90 Å². The number of aryl methyl sites for hydroxylation is 1. The van der Waals surface area contributed by atoms with Crippen molar-refractivity contribution >= 4 is 22.6 Å². The van der Waals surface area contributed by atoms with Gasteiger partial charge in [-0.1, -0.05) is 12.5 Å². The zero-order valence-corrected chi connectivity index (χ0v) is 12.2. The van der Waals surface area contributed by atoms with Gasteiger partial charge in [0.2, 0.25) is 0 Å². The predicted molar refractivity (Wildman–Crippen MR) is 83.5 cm³/mol. The highest BCUT2D eigenvalue weighted by atomic mass is 16.4. The van der Waals surface area contributed by atoms with Gasteiger partial charge in [0.1, 0.15) is 0 Å². The third kappa shape index (κ3) is 2.84. The van der Waals surface area contributed by atoms with Crippen LogP contribution in [0.4, 0.5) is 5.69 Å². The zero-order valence-electron chi connectivity index (χ0n) is 12.2. The van der Waals surface area contributed by atoms with Gasteiger partial charge in [-0.3, -0.25) is 9.78 Å². The molecule has 1 aliphatic carbocycles. The van der Waals surface area contributed by atoms with Crippen LogP contribution in [0.3, 0.4) is 0 Å². The number of carboxylic acid groups (broad SMARTS) is 1. The average molecular weight is 284 g/mol. The molecule has 1 heterocycles. The fraction of sp³-hybridized carbons (Fsp3) is 0.412. The van der Waals surface area contributed by atoms with Crippen LogP contribution in [0.15, 0.2) is 30.5 Å². The third-order valence-corrected chi connectivity index (χ3v) is 4.35. The molecule has 110 valence electrons. The van der Waals surface area contributed by atoms with E-state index in [0.717, 1.165) is 41.4 Å². The lowest BCUT2D eigenvalue weighted by Gasteiger charge is -2.28. The maximum Gasteiger partial charge on any atom is 0.306 e. The summed E-state index contributed by atoms with van der Waals surface area (Å²) in [7, 11) is 0. The molecule has 0 aliphatic heterocycles. The van der Waals surface area contributed by atoms with Gasteiger partial charge in [-0.2, -0.15) is 0 Å². The standard InChI is InChI=1S/C17H20N2O2/c1-11-7-8-15(14-6-3-9-18-16(11)14)19-13-5-2-4-12(10-13)17(20)21/h3,6-9,12-13,19H,2,4-5,10H2,1H3,(H,20,21). The lowest BCUT2D eigenvalue weighted by Crippen LogP contribution is -2.31. The van der Waals surface area contributed by atoms with E-state index in [4.69, 9.17) is 0 Å². The summed E-state index contributed by atoms with van der Waals surface area (Å²) in [6.07, 6.45) is 5.30. The number of nitrogens with zero attached hydrogens (tertiary/aromatic N) is 1. The van der Waals surface area contributed by atoms with Crippen LogP contribution in [0, 0.1) is 12.8 Å². The van der Waals surface area contributed by atoms with Crippen molar-refractivity contribution in [3.8, 4) is 0 Å². The second-order valence-electron chi connectivity index (χ2n) is 5.87. The van der Waals surface area contributed by atoms with Crippen LogP contribution in [-0.4, -0.2) is 22.1 Å². The van der Waals surface area contributed by atoms with Crippen molar-refractivity contribution in [2.75, 3.05) is 5.32 Å². The molecule has 3 rings (SSSR count). The lowest BCUT2D eigenvalue weighted by atomic mass is 9.85. The Bertz CT molecular complexity index is 669. The molecule has 1 aliphatic rings. The Kier molecular flexibility index (Phi) is 3.78. The number of anilines is 1. The van der Waals surface area contributed by atoms with E-state index in [1.807, 2.05) is 6.07 Å². The van der Waals surface area contributed by atoms with Crippen molar-refractivity contribution in [3.05, 3.63) is 36.0 Å². The van der Waals surface area contributed by atoms with Gasteiger partial charge in [-0.15, -0.1) is 0 Å². The summed E-state index contributed by atoms with van der Waals surface area (Å²) in [4.78, 5) is 15.6. The van der Waals surface area contributed by atoms with Gasteiger partial charge in [0, 0.05) is 23.3 Å². The molecule has 2 atom stereocenters. The fourth-order valence-corrected chi connectivity index (χ4v) is 3.20. The highest BCUT2D eigenvalue weighted by Gasteiger charge is 2.27. The predicted octanol–water partition coefficient (Wildman–Crippen LogP) is 3.60. The highest BCUT2D eigenvalue weighted by molar-refractivity contribution is 5.93. The molecule has 21 heavy (non-hydrogen) atoms. The van der Waals surface area contributed by atoms with E-state index in [-0.39, 0.29) is 12.0 Å². The van der Waals surface area contributed by atoms with E-state index in [1.54, 1.807) is 6.20 Å². The van der Waals surface area contributed by atoms with Crippen LogP contribution in [0.2, 0.25) is 0 Å². The van der Waals surface area contributed by atoms with Gasteiger partial charge >= 0.3 is 5.97 Å². The number of carboxylic acids is 1. The van der Waals surface area contributed by atoms with E-state index in [1.165, 1.54) is 0 Å². The number of hydrogen-bond acceptors (Lipinski definition) is 3. The first-order chi connectivity index (χ1) is 10.1. The van der Waals surface area contributed by atoms with Crippen LogP contribution >= 0.6 is 0 Å². The molecule has 1 saturated carbocycles. The Balaban J connectivity index is 1.85. The average Bonchev–Trinajstić information content (AvgIpc) is 2.51. The summed E-state index contributed by atoms with van der Waals surface area (Å²) >= 11 is 0. The third-order valence-electron chi connectivity index (χ3n) is 4.35. The van der Waals surface area contributed by atoms with Crippen molar-refractivity contribution in [3.63, 3.8) is 0 Å². The lowest BCUT2D eigenvalue weighted by molar-refractivity contribution is -0.142. The first kappa shape index (κ1) is 13.9. The van der Waals surface area contributed by atoms with Gasteiger partial charge in [-0.25, -0.2) is 0 Å².